The van der Waals surface area contributed by atoms with Crippen molar-refractivity contribution in [2.24, 2.45) is 5.73 Å². The molecule has 146 valence electrons. The van der Waals surface area contributed by atoms with Crippen molar-refractivity contribution in [2.75, 3.05) is 6.61 Å². The number of primary amides is 1. The molecule has 1 aromatic heterocycles. The van der Waals surface area contributed by atoms with Gasteiger partial charge in [0.05, 0.1) is 18.9 Å². The van der Waals surface area contributed by atoms with Crippen LogP contribution in [0, 0.1) is 13.5 Å². The van der Waals surface area contributed by atoms with Crippen molar-refractivity contribution >= 4 is 11.6 Å². The highest BCUT2D eigenvalue weighted by atomic mass is 16.5. The number of hydrogen-bond acceptors (Lipinski definition) is 5. The zero-order valence-electron chi connectivity index (χ0n) is 15.7. The lowest BCUT2D eigenvalue weighted by Crippen LogP contribution is -2.15. The van der Waals surface area contributed by atoms with Gasteiger partial charge in [-0.15, -0.1) is 0 Å². The minimum atomic E-state index is -1.14. The molecule has 4 N–H and O–H groups in total. The van der Waals surface area contributed by atoms with E-state index >= 15 is 0 Å². The number of nitrogens with zero attached hydrogens (tertiary/aromatic N) is 2. The second-order valence-corrected chi connectivity index (χ2v) is 6.42. The Bertz CT molecular complexity index is 1090. The summed E-state index contributed by atoms with van der Waals surface area (Å²) in [6, 6.07) is 15.2. The summed E-state index contributed by atoms with van der Waals surface area (Å²) < 4.78 is 5.80. The Morgan fingerprint density at radius 1 is 1.17 bits per heavy atom. The van der Waals surface area contributed by atoms with Crippen LogP contribution in [0.2, 0.25) is 0 Å². The Morgan fingerprint density at radius 3 is 2.48 bits per heavy atom. The number of ether oxygens (including phenoxy) is 1. The first-order chi connectivity index (χ1) is 13.9. The molecule has 3 aromatic rings. The van der Waals surface area contributed by atoms with Crippen molar-refractivity contribution in [2.45, 2.75) is 13.0 Å². The van der Waals surface area contributed by atoms with E-state index in [1.807, 2.05) is 13.0 Å². The van der Waals surface area contributed by atoms with Gasteiger partial charge in [0.1, 0.15) is 23.3 Å². The van der Waals surface area contributed by atoms with E-state index in [2.05, 4.69) is 9.83 Å². The number of nitrogens with two attached hydrogens (primary N) is 1. The summed E-state index contributed by atoms with van der Waals surface area (Å²) in [6.45, 7) is 8.56. The molecule has 7 nitrogen and oxygen atoms in total. The number of aryl methyl sites for hydroxylation is 1. The molecule has 1 heterocycles. The van der Waals surface area contributed by atoms with Crippen LogP contribution in [0.3, 0.4) is 0 Å². The van der Waals surface area contributed by atoms with E-state index in [1.54, 1.807) is 42.5 Å². The maximum atomic E-state index is 11.6. The second-order valence-electron chi connectivity index (χ2n) is 6.42. The van der Waals surface area contributed by atoms with Crippen molar-refractivity contribution in [1.82, 2.24) is 4.98 Å². The molecule has 0 unspecified atom stereocenters. The van der Waals surface area contributed by atoms with Crippen LogP contribution in [0.25, 0.3) is 16.1 Å². The number of carbonyl (C=O) groups is 1. The summed E-state index contributed by atoms with van der Waals surface area (Å²) in [4.78, 5) is 19.2. The normalized spacial score (nSPS) is 11.5. The summed E-state index contributed by atoms with van der Waals surface area (Å²) in [7, 11) is 0. The zero-order valence-corrected chi connectivity index (χ0v) is 15.7. The maximum absolute atomic E-state index is 11.6. The number of pyridine rings is 1. The Balaban J connectivity index is 1.89. The molecule has 7 heteroatoms. The summed E-state index contributed by atoms with van der Waals surface area (Å²) in [5, 5.41) is 19.1. The molecule has 0 saturated heterocycles. The fraction of sp³-hybridized carbons (Fsp3) is 0.136. The van der Waals surface area contributed by atoms with E-state index in [0.717, 1.165) is 5.56 Å². The number of rotatable bonds is 6. The van der Waals surface area contributed by atoms with Crippen LogP contribution in [-0.2, 0) is 0 Å². The predicted molar refractivity (Wildman–Crippen MR) is 108 cm³/mol. The molecule has 0 fully saturated rings. The first kappa shape index (κ1) is 20.0. The second kappa shape index (κ2) is 8.52. The van der Waals surface area contributed by atoms with Crippen LogP contribution >= 0.6 is 0 Å². The lowest BCUT2D eigenvalue weighted by molar-refractivity contribution is 0.0948. The molecule has 0 bridgehead atoms. The Kier molecular flexibility index (Phi) is 5.88. The smallest absolute Gasteiger partial charge is 0.267 e. The Labute approximate surface area is 167 Å². The molecule has 0 saturated carbocycles. The number of aliphatic hydroxyl groups excluding tert-OH is 2. The average Bonchev–Trinajstić information content (AvgIpc) is 2.74. The van der Waals surface area contributed by atoms with Crippen LogP contribution in [0.15, 0.2) is 54.6 Å². The van der Waals surface area contributed by atoms with Gasteiger partial charge in [0, 0.05) is 5.56 Å². The van der Waals surface area contributed by atoms with Gasteiger partial charge in [-0.2, -0.15) is 0 Å². The van der Waals surface area contributed by atoms with E-state index in [-0.39, 0.29) is 5.69 Å². The molecule has 29 heavy (non-hydrogen) atoms. The molecule has 0 aliphatic heterocycles. The molecule has 1 amide bonds. The van der Waals surface area contributed by atoms with Gasteiger partial charge < -0.3 is 20.7 Å². The standard InChI is InChI=1S/C22H19N3O4/c1-13-3-6-17(11-18(13)24-2)29-16-7-4-14(5-8-16)19-9-15(21(27)12-26)10-20(25-19)22(23)28/h3-11,21,26-27H,12H2,1H3,(H2,23,28)/t21-/m0/s1. The molecule has 0 radical (unpaired) electrons. The van der Waals surface area contributed by atoms with Crippen LogP contribution in [0.5, 0.6) is 11.5 Å². The zero-order chi connectivity index (χ0) is 21.0. The lowest BCUT2D eigenvalue weighted by Gasteiger charge is -2.12. The first-order valence-corrected chi connectivity index (χ1v) is 8.78. The van der Waals surface area contributed by atoms with E-state index in [9.17, 15) is 15.0 Å². The highest BCUT2D eigenvalue weighted by Gasteiger charge is 2.14. The van der Waals surface area contributed by atoms with E-state index in [0.29, 0.717) is 34.0 Å². The van der Waals surface area contributed by atoms with Crippen molar-refractivity contribution < 1.29 is 19.7 Å². The Morgan fingerprint density at radius 2 is 1.86 bits per heavy atom. The van der Waals surface area contributed by atoms with Gasteiger partial charge in [-0.3, -0.25) is 4.79 Å². The van der Waals surface area contributed by atoms with Gasteiger partial charge in [0.25, 0.3) is 5.91 Å². The average molecular weight is 389 g/mol. The van der Waals surface area contributed by atoms with Gasteiger partial charge in [0.15, 0.2) is 5.69 Å². The quantitative estimate of drug-likeness (QED) is 0.559. The summed E-state index contributed by atoms with van der Waals surface area (Å²) in [5.74, 6) is 0.389. The SMILES string of the molecule is [C-]#[N+]c1cc(Oc2ccc(-c3cc([C@@H](O)CO)cc(C(N)=O)n3)cc2)ccc1C. The van der Waals surface area contributed by atoms with Gasteiger partial charge in [-0.25, -0.2) is 9.83 Å². The first-order valence-electron chi connectivity index (χ1n) is 8.78. The van der Waals surface area contributed by atoms with Crippen molar-refractivity contribution in [1.29, 1.82) is 0 Å². The maximum Gasteiger partial charge on any atom is 0.267 e. The minimum Gasteiger partial charge on any atom is -0.459 e. The molecule has 2 aromatic carbocycles. The van der Waals surface area contributed by atoms with Crippen molar-refractivity contribution in [3.05, 3.63) is 82.8 Å². The minimum absolute atomic E-state index is 0.00310. The third-order valence-electron chi connectivity index (χ3n) is 4.34. The highest BCUT2D eigenvalue weighted by Crippen LogP contribution is 2.30. The van der Waals surface area contributed by atoms with Gasteiger partial charge in [-0.1, -0.05) is 6.07 Å². The molecule has 1 atom stereocenters. The largest absolute Gasteiger partial charge is 0.459 e. The number of benzene rings is 2. The van der Waals surface area contributed by atoms with Crippen molar-refractivity contribution in [3.8, 4) is 22.8 Å². The fourth-order valence-corrected chi connectivity index (χ4v) is 2.73. The van der Waals surface area contributed by atoms with Crippen LogP contribution in [0.1, 0.15) is 27.7 Å². The fourth-order valence-electron chi connectivity index (χ4n) is 2.73. The van der Waals surface area contributed by atoms with Gasteiger partial charge in [-0.05, 0) is 66.6 Å². The van der Waals surface area contributed by atoms with Crippen LogP contribution in [-0.4, -0.2) is 27.7 Å². The number of aliphatic hydroxyl groups is 2. The van der Waals surface area contributed by atoms with E-state index in [4.69, 9.17) is 17.0 Å². The van der Waals surface area contributed by atoms with Gasteiger partial charge >= 0.3 is 0 Å². The van der Waals surface area contributed by atoms with Crippen LogP contribution in [0.4, 0.5) is 5.69 Å². The monoisotopic (exact) mass is 389 g/mol. The molecular formula is C22H19N3O4. The van der Waals surface area contributed by atoms with Crippen LogP contribution < -0.4 is 10.5 Å². The number of aromatic nitrogens is 1. The number of carbonyl (C=O) groups excluding carboxylic acids is 1. The third-order valence-corrected chi connectivity index (χ3v) is 4.34. The summed E-state index contributed by atoms with van der Waals surface area (Å²) in [5.41, 5.74) is 8.19. The highest BCUT2D eigenvalue weighted by molar-refractivity contribution is 5.91. The third kappa shape index (κ3) is 4.58. The molecular weight excluding hydrogens is 370 g/mol. The summed E-state index contributed by atoms with van der Waals surface area (Å²) >= 11 is 0. The van der Waals surface area contributed by atoms with E-state index < -0.39 is 18.6 Å². The number of amides is 1. The molecule has 0 aliphatic carbocycles. The van der Waals surface area contributed by atoms with Crippen molar-refractivity contribution in [3.63, 3.8) is 0 Å². The topological polar surface area (TPSA) is 110 Å². The lowest BCUT2D eigenvalue weighted by atomic mass is 10.0. The molecule has 0 spiro atoms. The number of hydrogen-bond donors (Lipinski definition) is 3. The summed E-state index contributed by atoms with van der Waals surface area (Å²) in [6.07, 6.45) is -1.14. The molecule has 3 rings (SSSR count). The van der Waals surface area contributed by atoms with E-state index in [1.165, 1.54) is 6.07 Å². The molecule has 0 aliphatic rings. The predicted octanol–water partition coefficient (Wildman–Crippen LogP) is 3.52. The Hall–Kier alpha value is -3.73. The van der Waals surface area contributed by atoms with Gasteiger partial charge in [0.2, 0.25) is 0 Å².